The van der Waals surface area contributed by atoms with Gasteiger partial charge in [0.15, 0.2) is 0 Å². The zero-order valence-corrected chi connectivity index (χ0v) is 15.9. The summed E-state index contributed by atoms with van der Waals surface area (Å²) >= 11 is 0. The van der Waals surface area contributed by atoms with Crippen molar-refractivity contribution >= 4 is 129 Å². The van der Waals surface area contributed by atoms with Gasteiger partial charge < -0.3 is 29.4 Å². The molecule has 0 spiro atoms. The van der Waals surface area contributed by atoms with Crippen molar-refractivity contribution in [2.24, 2.45) is 0 Å². The summed E-state index contributed by atoms with van der Waals surface area (Å²) in [5.41, 5.74) is 0. The SMILES string of the molecule is C[P+]([O-])([O-])[O-].C[P+]([O-])([O-])[O-].[Ca+2].[Ca+2].[Ca+2]. The summed E-state index contributed by atoms with van der Waals surface area (Å²) in [4.78, 5) is 54.6. The normalized spacial score (nSPS) is 9.23. The second kappa shape index (κ2) is 14.5. The molecular weight excluding hydrogens is 302 g/mol. The molecule has 0 aliphatic carbocycles. The summed E-state index contributed by atoms with van der Waals surface area (Å²) in [7, 11) is -8.28. The number of hydrogen-bond acceptors (Lipinski definition) is 6. The standard InChI is InChI=1S/2CH5O3P.3Ca/c2*1-5(2,3)4;;;/h2*1H3,(H2,2,3,4);;;/q;;3*+2/p-4. The Morgan fingerprint density at radius 1 is 0.538 bits per heavy atom. The van der Waals surface area contributed by atoms with Gasteiger partial charge in [-0.25, -0.2) is 0 Å². The van der Waals surface area contributed by atoms with E-state index in [1.165, 1.54) is 0 Å². The molecule has 0 rings (SSSR count). The average Bonchev–Trinajstić information content (AvgIpc) is 1.12. The van der Waals surface area contributed by atoms with E-state index in [0.717, 1.165) is 0 Å². The van der Waals surface area contributed by atoms with Gasteiger partial charge in [0.2, 0.25) is 0 Å². The predicted molar refractivity (Wildman–Crippen MR) is 43.0 cm³/mol. The molecular formula is C2H6Ca3O6P2+2. The maximum absolute atomic E-state index is 9.10. The van der Waals surface area contributed by atoms with Gasteiger partial charge >= 0.3 is 113 Å². The number of hydrogen-bond donors (Lipinski definition) is 0. The van der Waals surface area contributed by atoms with E-state index in [9.17, 15) is 0 Å². The fraction of sp³-hybridized carbons (Fsp3) is 1.00. The van der Waals surface area contributed by atoms with Crippen LogP contribution in [-0.2, 0) is 0 Å². The number of rotatable bonds is 0. The zero-order valence-electron chi connectivity index (χ0n) is 7.47. The van der Waals surface area contributed by atoms with Crippen molar-refractivity contribution in [1.82, 2.24) is 0 Å². The van der Waals surface area contributed by atoms with Crippen LogP contribution in [0.3, 0.4) is 0 Å². The van der Waals surface area contributed by atoms with Crippen molar-refractivity contribution < 1.29 is 29.4 Å². The van der Waals surface area contributed by atoms with Crippen LogP contribution in [0.25, 0.3) is 0 Å². The Hall–Kier alpha value is 4.40. The van der Waals surface area contributed by atoms with Crippen LogP contribution < -0.4 is 29.4 Å². The third-order valence-corrected chi connectivity index (χ3v) is 0. The van der Waals surface area contributed by atoms with E-state index >= 15 is 0 Å². The molecule has 0 aromatic carbocycles. The Morgan fingerprint density at radius 2 is 0.538 bits per heavy atom. The molecule has 0 fully saturated rings. The first-order chi connectivity index (χ1) is 4.00. The Labute approximate surface area is 168 Å². The van der Waals surface area contributed by atoms with Gasteiger partial charge in [0, 0.05) is 13.3 Å². The Morgan fingerprint density at radius 3 is 0.538 bits per heavy atom. The third-order valence-electron chi connectivity index (χ3n) is 0. The molecule has 11 heteroatoms. The average molecular weight is 308 g/mol. The molecule has 0 bridgehead atoms. The monoisotopic (exact) mass is 308 g/mol. The van der Waals surface area contributed by atoms with Crippen LogP contribution >= 0.6 is 15.9 Å². The largest absolute Gasteiger partial charge is 2.00 e. The maximum atomic E-state index is 9.10. The molecule has 0 N–H and O–H groups in total. The first-order valence-electron chi connectivity index (χ1n) is 1.99. The van der Waals surface area contributed by atoms with Gasteiger partial charge in [-0.2, -0.15) is 15.9 Å². The first kappa shape index (κ1) is 30.4. The Bertz CT molecular complexity index is 66.9. The summed E-state index contributed by atoms with van der Waals surface area (Å²) in [6.45, 7) is 1.26. The molecule has 0 saturated heterocycles. The summed E-state index contributed by atoms with van der Waals surface area (Å²) in [6, 6.07) is 0. The van der Waals surface area contributed by atoms with Crippen molar-refractivity contribution in [1.29, 1.82) is 0 Å². The molecule has 13 heavy (non-hydrogen) atoms. The van der Waals surface area contributed by atoms with Gasteiger partial charge in [0.1, 0.15) is 0 Å². The van der Waals surface area contributed by atoms with Crippen molar-refractivity contribution in [3.63, 3.8) is 0 Å². The van der Waals surface area contributed by atoms with Gasteiger partial charge in [0.05, 0.1) is 0 Å². The molecule has 0 aliphatic heterocycles. The van der Waals surface area contributed by atoms with Gasteiger partial charge in [-0.1, -0.05) is 0 Å². The molecule has 0 heterocycles. The smallest absolute Gasteiger partial charge is 0.688 e. The van der Waals surface area contributed by atoms with Crippen molar-refractivity contribution in [2.45, 2.75) is 0 Å². The van der Waals surface area contributed by atoms with E-state index in [4.69, 9.17) is 29.4 Å². The minimum absolute atomic E-state index is 0. The molecule has 0 radical (unpaired) electrons. The Balaban J connectivity index is -0.0000000267. The van der Waals surface area contributed by atoms with Crippen LogP contribution in [0, 0.1) is 0 Å². The van der Waals surface area contributed by atoms with Gasteiger partial charge in [-0.15, -0.1) is 0 Å². The fourth-order valence-electron chi connectivity index (χ4n) is 0. The quantitative estimate of drug-likeness (QED) is 0.322. The molecule has 0 saturated carbocycles. The van der Waals surface area contributed by atoms with E-state index in [0.29, 0.717) is 13.3 Å². The summed E-state index contributed by atoms with van der Waals surface area (Å²) in [5, 5.41) is 0. The Kier molecular flexibility index (Phi) is 33.9. The van der Waals surface area contributed by atoms with E-state index in [1.807, 2.05) is 0 Å². The van der Waals surface area contributed by atoms with E-state index in [1.54, 1.807) is 0 Å². The molecule has 0 aromatic rings. The van der Waals surface area contributed by atoms with Crippen LogP contribution in [0.15, 0.2) is 0 Å². The summed E-state index contributed by atoms with van der Waals surface area (Å²) < 4.78 is 0. The van der Waals surface area contributed by atoms with Crippen molar-refractivity contribution in [3.8, 4) is 0 Å². The van der Waals surface area contributed by atoms with Gasteiger partial charge in [-0.3, -0.25) is 0 Å². The van der Waals surface area contributed by atoms with E-state index in [-0.39, 0.29) is 113 Å². The van der Waals surface area contributed by atoms with Gasteiger partial charge in [0.25, 0.3) is 0 Å². The van der Waals surface area contributed by atoms with Crippen molar-refractivity contribution in [2.75, 3.05) is 13.3 Å². The molecule has 0 atom stereocenters. The first-order valence-corrected chi connectivity index (χ1v) is 5.97. The molecule has 6 nitrogen and oxygen atoms in total. The summed E-state index contributed by atoms with van der Waals surface area (Å²) in [6.07, 6.45) is 0. The molecule has 0 aromatic heterocycles. The van der Waals surface area contributed by atoms with Crippen LogP contribution in [0.4, 0.5) is 0 Å². The minimum atomic E-state index is -4.14. The maximum Gasteiger partial charge on any atom is 2.00 e. The van der Waals surface area contributed by atoms with Crippen LogP contribution in [0.5, 0.6) is 0 Å². The van der Waals surface area contributed by atoms with Crippen LogP contribution in [-0.4, -0.2) is 127 Å². The third kappa shape index (κ3) is 176. The van der Waals surface area contributed by atoms with E-state index < -0.39 is 15.9 Å². The predicted octanol–water partition coefficient (Wildman–Crippen LogP) is -6.22. The van der Waals surface area contributed by atoms with E-state index in [2.05, 4.69) is 0 Å². The minimum Gasteiger partial charge on any atom is -0.688 e. The second-order valence-corrected chi connectivity index (χ2v) is 4.63. The van der Waals surface area contributed by atoms with Gasteiger partial charge in [-0.05, 0) is 0 Å². The molecule has 64 valence electrons. The van der Waals surface area contributed by atoms with Crippen molar-refractivity contribution in [3.05, 3.63) is 0 Å². The second-order valence-electron chi connectivity index (χ2n) is 1.54. The zero-order chi connectivity index (χ0) is 9.00. The summed E-state index contributed by atoms with van der Waals surface area (Å²) in [5.74, 6) is 0. The van der Waals surface area contributed by atoms with Crippen LogP contribution in [0.2, 0.25) is 0 Å². The van der Waals surface area contributed by atoms with Crippen LogP contribution in [0.1, 0.15) is 0 Å². The molecule has 0 amide bonds. The molecule has 0 aliphatic rings. The molecule has 0 unspecified atom stereocenters. The topological polar surface area (TPSA) is 138 Å². The fourth-order valence-corrected chi connectivity index (χ4v) is 0.